The molecular formula is C20H41O4S-. The fourth-order valence-electron chi connectivity index (χ4n) is 2.98. The standard InChI is InChI=1S/C20H42O4S/c1-2-3-4-5-6-7-8-9-10-11-12-13-14-15-18-24-19-16-17-20-25(21,22)23/h2-20H2,1H3,(H,21,22,23)/p-1. The SMILES string of the molecule is CCCCCCCCCCCCCCCCOCCCCS(=O)(=O)[O-]. The van der Waals surface area contributed by atoms with E-state index in [0.29, 0.717) is 19.4 Å². The molecule has 0 aromatic rings. The Bertz CT molecular complexity index is 355. The fraction of sp³-hybridized carbons (Fsp3) is 1.00. The quantitative estimate of drug-likeness (QED) is 0.198. The van der Waals surface area contributed by atoms with E-state index in [9.17, 15) is 13.0 Å². The number of rotatable bonds is 20. The van der Waals surface area contributed by atoms with Crippen LogP contribution in [0.15, 0.2) is 0 Å². The summed E-state index contributed by atoms with van der Waals surface area (Å²) in [5.41, 5.74) is 0. The van der Waals surface area contributed by atoms with Gasteiger partial charge in [-0.25, -0.2) is 8.42 Å². The van der Waals surface area contributed by atoms with Crippen LogP contribution in [0.5, 0.6) is 0 Å². The summed E-state index contributed by atoms with van der Waals surface area (Å²) in [6.45, 7) is 3.58. The third-order valence-corrected chi connectivity index (χ3v) is 5.36. The molecule has 0 saturated carbocycles. The van der Waals surface area contributed by atoms with Crippen molar-refractivity contribution < 1.29 is 17.7 Å². The Morgan fingerprint density at radius 3 is 1.36 bits per heavy atom. The van der Waals surface area contributed by atoms with Gasteiger partial charge in [-0.2, -0.15) is 0 Å². The molecule has 0 aliphatic heterocycles. The second-order valence-corrected chi connectivity index (χ2v) is 8.70. The van der Waals surface area contributed by atoms with Crippen molar-refractivity contribution in [3.63, 3.8) is 0 Å². The van der Waals surface area contributed by atoms with Crippen molar-refractivity contribution in [2.24, 2.45) is 0 Å². The minimum absolute atomic E-state index is 0.269. The van der Waals surface area contributed by atoms with Crippen LogP contribution in [-0.4, -0.2) is 31.9 Å². The van der Waals surface area contributed by atoms with Gasteiger partial charge in [0.05, 0.1) is 10.1 Å². The first-order chi connectivity index (χ1) is 12.1. The molecule has 0 bridgehead atoms. The van der Waals surface area contributed by atoms with Gasteiger partial charge in [-0.15, -0.1) is 0 Å². The predicted molar refractivity (Wildman–Crippen MR) is 105 cm³/mol. The van der Waals surface area contributed by atoms with Crippen molar-refractivity contribution in [2.75, 3.05) is 19.0 Å². The highest BCUT2D eigenvalue weighted by atomic mass is 32.2. The minimum Gasteiger partial charge on any atom is -0.748 e. The summed E-state index contributed by atoms with van der Waals surface area (Å²) in [6, 6.07) is 0. The lowest BCUT2D eigenvalue weighted by atomic mass is 10.0. The van der Waals surface area contributed by atoms with Gasteiger partial charge in [0.1, 0.15) is 0 Å². The fourth-order valence-corrected chi connectivity index (χ4v) is 3.54. The van der Waals surface area contributed by atoms with Gasteiger partial charge < -0.3 is 9.29 Å². The second-order valence-electron chi connectivity index (χ2n) is 7.18. The first kappa shape index (κ1) is 24.9. The molecule has 4 nitrogen and oxygen atoms in total. The first-order valence-corrected chi connectivity index (χ1v) is 12.2. The van der Waals surface area contributed by atoms with E-state index in [1.807, 2.05) is 0 Å². The molecule has 0 N–H and O–H groups in total. The summed E-state index contributed by atoms with van der Waals surface area (Å²) in [5, 5.41) is 0. The van der Waals surface area contributed by atoms with Gasteiger partial charge in [-0.05, 0) is 19.3 Å². The largest absolute Gasteiger partial charge is 0.748 e. The Hall–Kier alpha value is -0.130. The Labute approximate surface area is 156 Å². The van der Waals surface area contributed by atoms with E-state index in [0.717, 1.165) is 13.0 Å². The average molecular weight is 378 g/mol. The molecule has 0 aromatic carbocycles. The summed E-state index contributed by atoms with van der Waals surface area (Å²) < 4.78 is 36.7. The molecule has 0 unspecified atom stereocenters. The number of hydrogen-bond acceptors (Lipinski definition) is 4. The van der Waals surface area contributed by atoms with Crippen molar-refractivity contribution in [3.05, 3.63) is 0 Å². The third kappa shape index (κ3) is 23.9. The van der Waals surface area contributed by atoms with E-state index < -0.39 is 10.1 Å². The second kappa shape index (κ2) is 18.7. The van der Waals surface area contributed by atoms with Crippen LogP contribution in [0.1, 0.15) is 110 Å². The molecule has 0 heterocycles. The third-order valence-electron chi connectivity index (χ3n) is 4.58. The van der Waals surface area contributed by atoms with Gasteiger partial charge >= 0.3 is 0 Å². The Morgan fingerprint density at radius 2 is 0.960 bits per heavy atom. The molecule has 25 heavy (non-hydrogen) atoms. The maximum Gasteiger partial charge on any atom is 0.0945 e. The Morgan fingerprint density at radius 1 is 0.600 bits per heavy atom. The highest BCUT2D eigenvalue weighted by molar-refractivity contribution is 7.85. The monoisotopic (exact) mass is 377 g/mol. The number of hydrogen-bond donors (Lipinski definition) is 0. The van der Waals surface area contributed by atoms with E-state index >= 15 is 0 Å². The smallest absolute Gasteiger partial charge is 0.0945 e. The van der Waals surface area contributed by atoms with Crippen molar-refractivity contribution in [1.29, 1.82) is 0 Å². The molecule has 0 aromatic heterocycles. The van der Waals surface area contributed by atoms with Gasteiger partial charge in [0.25, 0.3) is 0 Å². The van der Waals surface area contributed by atoms with E-state index in [1.54, 1.807) is 0 Å². The first-order valence-electron chi connectivity index (χ1n) is 10.6. The zero-order valence-electron chi connectivity index (χ0n) is 16.5. The summed E-state index contributed by atoms with van der Waals surface area (Å²) in [4.78, 5) is 0. The van der Waals surface area contributed by atoms with Gasteiger partial charge in [0.2, 0.25) is 0 Å². The van der Waals surface area contributed by atoms with E-state index in [-0.39, 0.29) is 5.75 Å². The normalized spacial score (nSPS) is 11.9. The zero-order chi connectivity index (χ0) is 18.6. The van der Waals surface area contributed by atoms with Crippen molar-refractivity contribution in [3.8, 4) is 0 Å². The molecule has 0 rings (SSSR count). The highest BCUT2D eigenvalue weighted by Crippen LogP contribution is 2.12. The molecule has 0 radical (unpaired) electrons. The number of ether oxygens (including phenoxy) is 1. The van der Waals surface area contributed by atoms with E-state index in [2.05, 4.69) is 6.92 Å². The molecule has 0 amide bonds. The van der Waals surface area contributed by atoms with E-state index in [1.165, 1.54) is 83.5 Å². The van der Waals surface area contributed by atoms with Crippen LogP contribution in [-0.2, 0) is 14.9 Å². The summed E-state index contributed by atoms with van der Waals surface area (Å²) >= 11 is 0. The lowest BCUT2D eigenvalue weighted by Crippen LogP contribution is -2.06. The maximum atomic E-state index is 10.4. The van der Waals surface area contributed by atoms with Crippen molar-refractivity contribution in [1.82, 2.24) is 0 Å². The van der Waals surface area contributed by atoms with Crippen LogP contribution in [0.3, 0.4) is 0 Å². The molecular weight excluding hydrogens is 336 g/mol. The lowest BCUT2D eigenvalue weighted by molar-refractivity contribution is 0.127. The van der Waals surface area contributed by atoms with Crippen molar-refractivity contribution >= 4 is 10.1 Å². The summed E-state index contributed by atoms with van der Waals surface area (Å²) in [5.74, 6) is -0.269. The minimum atomic E-state index is -4.05. The van der Waals surface area contributed by atoms with Crippen LogP contribution >= 0.6 is 0 Å². The summed E-state index contributed by atoms with van der Waals surface area (Å²) in [6.07, 6.45) is 19.9. The summed E-state index contributed by atoms with van der Waals surface area (Å²) in [7, 11) is -4.05. The van der Waals surface area contributed by atoms with E-state index in [4.69, 9.17) is 4.74 Å². The Balaban J connectivity index is 3.03. The highest BCUT2D eigenvalue weighted by Gasteiger charge is 1.97. The van der Waals surface area contributed by atoms with Gasteiger partial charge in [0, 0.05) is 19.0 Å². The van der Waals surface area contributed by atoms with Crippen LogP contribution in [0.4, 0.5) is 0 Å². The van der Waals surface area contributed by atoms with Gasteiger partial charge in [0.15, 0.2) is 0 Å². The van der Waals surface area contributed by atoms with Gasteiger partial charge in [-0.1, -0.05) is 90.4 Å². The van der Waals surface area contributed by atoms with Crippen LogP contribution in [0.2, 0.25) is 0 Å². The van der Waals surface area contributed by atoms with Gasteiger partial charge in [-0.3, -0.25) is 0 Å². The number of unbranched alkanes of at least 4 members (excludes halogenated alkanes) is 14. The molecule has 0 aliphatic carbocycles. The lowest BCUT2D eigenvalue weighted by Gasteiger charge is -2.07. The van der Waals surface area contributed by atoms with Crippen molar-refractivity contribution in [2.45, 2.75) is 110 Å². The molecule has 0 fully saturated rings. The maximum absolute atomic E-state index is 10.4. The zero-order valence-corrected chi connectivity index (χ0v) is 17.3. The average Bonchev–Trinajstić information content (AvgIpc) is 2.56. The molecule has 0 saturated heterocycles. The molecule has 0 aliphatic rings. The van der Waals surface area contributed by atoms with Crippen LogP contribution < -0.4 is 0 Å². The molecule has 5 heteroatoms. The van der Waals surface area contributed by atoms with Crippen LogP contribution in [0, 0.1) is 0 Å². The Kier molecular flexibility index (Phi) is 18.6. The topological polar surface area (TPSA) is 66.4 Å². The predicted octanol–water partition coefficient (Wildman–Crippen LogP) is 5.81. The van der Waals surface area contributed by atoms with Crippen LogP contribution in [0.25, 0.3) is 0 Å². The molecule has 152 valence electrons. The molecule has 0 atom stereocenters. The molecule has 0 spiro atoms.